The molecule has 0 radical (unpaired) electrons. The average Bonchev–Trinajstić information content (AvgIpc) is 3.29. The third-order valence-electron chi connectivity index (χ3n) is 10.5. The van der Waals surface area contributed by atoms with Crippen LogP contribution in [0.25, 0.3) is 22.4 Å². The van der Waals surface area contributed by atoms with Gasteiger partial charge in [0.1, 0.15) is 5.75 Å². The third kappa shape index (κ3) is 5.20. The largest absolute Gasteiger partial charge is 0.507 e. The molecule has 7 heteroatoms. The van der Waals surface area contributed by atoms with Gasteiger partial charge in [0.2, 0.25) is 11.8 Å². The summed E-state index contributed by atoms with van der Waals surface area (Å²) in [5.74, 6) is -0.687. The molecule has 2 aliphatic heterocycles. The van der Waals surface area contributed by atoms with Gasteiger partial charge in [0.25, 0.3) is 0 Å². The molecule has 3 aromatic rings. The number of imide groups is 1. The molecular weight excluding hydrogens is 549 g/mol. The first-order valence-corrected chi connectivity index (χ1v) is 16.3. The number of amides is 2. The Morgan fingerprint density at radius 1 is 0.932 bits per heavy atom. The highest BCUT2D eigenvalue weighted by atomic mass is 16.5. The zero-order valence-electron chi connectivity index (χ0n) is 25.3. The summed E-state index contributed by atoms with van der Waals surface area (Å²) in [5.41, 5.74) is 5.50. The lowest BCUT2D eigenvalue weighted by atomic mass is 9.58. The van der Waals surface area contributed by atoms with Crippen LogP contribution < -0.4 is 0 Å². The van der Waals surface area contributed by atoms with Crippen molar-refractivity contribution in [3.05, 3.63) is 89.0 Å². The van der Waals surface area contributed by atoms with Gasteiger partial charge in [-0.15, -0.1) is 0 Å². The van der Waals surface area contributed by atoms with Crippen molar-refractivity contribution in [2.75, 3.05) is 0 Å². The molecule has 7 rings (SSSR count). The molecule has 4 atom stereocenters. The number of benzene rings is 3. The fourth-order valence-electron chi connectivity index (χ4n) is 8.50. The monoisotopic (exact) mass is 589 g/mol. The van der Waals surface area contributed by atoms with E-state index >= 15 is 0 Å². The number of phenols is 1. The number of carbonyl (C=O) groups is 2. The minimum Gasteiger partial charge on any atom is -0.507 e. The molecule has 2 amide bonds. The van der Waals surface area contributed by atoms with E-state index in [-0.39, 0.29) is 41.5 Å². The van der Waals surface area contributed by atoms with Gasteiger partial charge >= 0.3 is 7.12 Å². The fourth-order valence-corrected chi connectivity index (χ4v) is 8.50. The maximum Gasteiger partial charge on any atom is 0.455 e. The molecule has 6 nitrogen and oxygen atoms in total. The van der Waals surface area contributed by atoms with Crippen molar-refractivity contribution in [2.24, 2.45) is 17.8 Å². The maximum atomic E-state index is 13.9. The second-order valence-electron chi connectivity index (χ2n) is 13.1. The number of nitrogens with zero attached hydrogens (tertiary/aromatic N) is 1. The zero-order valence-corrected chi connectivity index (χ0v) is 25.3. The Morgan fingerprint density at radius 2 is 1.66 bits per heavy atom. The van der Waals surface area contributed by atoms with Crippen LogP contribution in [0.1, 0.15) is 69.4 Å². The van der Waals surface area contributed by atoms with Crippen LogP contribution in [-0.4, -0.2) is 46.1 Å². The topological polar surface area (TPSA) is 87.1 Å². The van der Waals surface area contributed by atoms with Crippen LogP contribution in [0, 0.1) is 17.8 Å². The Kier molecular flexibility index (Phi) is 7.94. The van der Waals surface area contributed by atoms with E-state index in [0.717, 1.165) is 64.3 Å². The van der Waals surface area contributed by atoms with Gasteiger partial charge in [-0.25, -0.2) is 0 Å². The molecule has 3 fully saturated rings. The van der Waals surface area contributed by atoms with Gasteiger partial charge in [0, 0.05) is 11.4 Å². The first-order chi connectivity index (χ1) is 21.4. The third-order valence-corrected chi connectivity index (χ3v) is 10.5. The summed E-state index contributed by atoms with van der Waals surface area (Å²) in [4.78, 5) is 29.2. The van der Waals surface area contributed by atoms with Gasteiger partial charge < -0.3 is 14.8 Å². The predicted molar refractivity (Wildman–Crippen MR) is 173 cm³/mol. The number of fused-ring (bicyclic) bond motifs is 4. The number of hydrogen-bond acceptors (Lipinski definition) is 5. The molecule has 3 aromatic carbocycles. The predicted octanol–water partition coefficient (Wildman–Crippen LogP) is 7.02. The first-order valence-electron chi connectivity index (χ1n) is 16.3. The minimum absolute atomic E-state index is 0.00162. The maximum absolute atomic E-state index is 13.9. The Bertz CT molecular complexity index is 1640. The standard InChI is InChI=1S/C37H40BNO5/c1-23-20-30-35(37(42)39(36(30)41)27-12-6-3-7-13-27)31-22-38(43)44-33(34(23)31)19-17-25(24-10-4-2-5-11-24)21-26-16-18-32(40)29-15-9-8-14-28(26)29/h2,4-5,8-11,14-16,18,21,27,30-31,33,35,40,43H,3,6-7,12-13,17,19-20,22H2,1H3/b25-21-/t30-,31+,33-,35-/m1/s1. The van der Waals surface area contributed by atoms with Gasteiger partial charge in [-0.2, -0.15) is 0 Å². The molecule has 1 saturated carbocycles. The van der Waals surface area contributed by atoms with E-state index in [0.29, 0.717) is 25.6 Å². The molecule has 0 aromatic heterocycles. The number of rotatable bonds is 6. The van der Waals surface area contributed by atoms with Crippen molar-refractivity contribution in [1.29, 1.82) is 0 Å². The van der Waals surface area contributed by atoms with Gasteiger partial charge in [-0.05, 0) is 85.0 Å². The second-order valence-corrected chi connectivity index (χ2v) is 13.1. The molecule has 2 saturated heterocycles. The summed E-state index contributed by atoms with van der Waals surface area (Å²) in [6.45, 7) is 2.09. The van der Waals surface area contributed by atoms with E-state index in [2.05, 4.69) is 25.1 Å². The molecule has 0 unspecified atom stereocenters. The molecule has 226 valence electrons. The lowest BCUT2D eigenvalue weighted by Gasteiger charge is -2.42. The van der Waals surface area contributed by atoms with Crippen molar-refractivity contribution in [3.8, 4) is 5.75 Å². The van der Waals surface area contributed by atoms with E-state index in [9.17, 15) is 19.7 Å². The Morgan fingerprint density at radius 3 is 2.43 bits per heavy atom. The molecule has 2 N–H and O–H groups in total. The first kappa shape index (κ1) is 29.1. The summed E-state index contributed by atoms with van der Waals surface area (Å²) < 4.78 is 6.23. The molecule has 4 aliphatic rings. The summed E-state index contributed by atoms with van der Waals surface area (Å²) in [7, 11) is -0.975. The fraction of sp³-hybridized carbons (Fsp3) is 0.405. The van der Waals surface area contributed by atoms with Crippen LogP contribution in [0.15, 0.2) is 77.9 Å². The lowest BCUT2D eigenvalue weighted by molar-refractivity contribution is -0.143. The molecular formula is C37H40BNO5. The quantitative estimate of drug-likeness (QED) is 0.140. The van der Waals surface area contributed by atoms with Crippen molar-refractivity contribution in [1.82, 2.24) is 4.90 Å². The van der Waals surface area contributed by atoms with Crippen molar-refractivity contribution >= 4 is 41.4 Å². The van der Waals surface area contributed by atoms with Crippen molar-refractivity contribution in [3.63, 3.8) is 0 Å². The number of likely N-dealkylation sites (tertiary alicyclic amines) is 1. The molecule has 44 heavy (non-hydrogen) atoms. The van der Waals surface area contributed by atoms with Crippen LogP contribution >= 0.6 is 0 Å². The molecule has 2 heterocycles. The normalized spacial score (nSPS) is 26.4. The van der Waals surface area contributed by atoms with Crippen LogP contribution in [0.2, 0.25) is 6.32 Å². The minimum atomic E-state index is -0.975. The highest BCUT2D eigenvalue weighted by Gasteiger charge is 2.58. The van der Waals surface area contributed by atoms with Gasteiger partial charge in [0.15, 0.2) is 0 Å². The molecule has 0 bridgehead atoms. The number of allylic oxidation sites excluding steroid dienone is 2. The highest BCUT2D eigenvalue weighted by Crippen LogP contribution is 2.51. The Labute approximate surface area is 259 Å². The van der Waals surface area contributed by atoms with E-state index in [1.165, 1.54) is 6.42 Å². The Balaban J connectivity index is 1.19. The number of phenolic OH excluding ortho intramolecular Hbond substituents is 1. The van der Waals surface area contributed by atoms with Crippen LogP contribution in [0.5, 0.6) is 5.75 Å². The summed E-state index contributed by atoms with van der Waals surface area (Å²) in [6, 6.07) is 21.9. The number of hydrogen-bond donors (Lipinski definition) is 2. The van der Waals surface area contributed by atoms with E-state index in [1.807, 2.05) is 48.5 Å². The van der Waals surface area contributed by atoms with Gasteiger partial charge in [0.05, 0.1) is 17.9 Å². The molecule has 2 aliphatic carbocycles. The van der Waals surface area contributed by atoms with Crippen LogP contribution in [-0.2, 0) is 14.2 Å². The van der Waals surface area contributed by atoms with Crippen molar-refractivity contribution < 1.29 is 24.4 Å². The summed E-state index contributed by atoms with van der Waals surface area (Å²) >= 11 is 0. The lowest BCUT2D eigenvalue weighted by Crippen LogP contribution is -2.46. The SMILES string of the molecule is CC1=C2[C@@H](CC/C(=C/c3ccc(O)c4ccccc34)c3ccccc3)OB(O)C[C@@H]2[C@@H]2C(=O)N(C3CCCCC3)C(=O)[C@@H]2C1. The highest BCUT2D eigenvalue weighted by molar-refractivity contribution is 6.43. The molecule has 0 spiro atoms. The van der Waals surface area contributed by atoms with Crippen LogP contribution in [0.3, 0.4) is 0 Å². The van der Waals surface area contributed by atoms with Gasteiger partial charge in [-0.1, -0.05) is 91.6 Å². The van der Waals surface area contributed by atoms with Crippen molar-refractivity contribution in [2.45, 2.75) is 76.8 Å². The average molecular weight is 590 g/mol. The smallest absolute Gasteiger partial charge is 0.455 e. The number of aromatic hydroxyl groups is 1. The zero-order chi connectivity index (χ0) is 30.4. The van der Waals surface area contributed by atoms with E-state index < -0.39 is 13.0 Å². The Hall–Kier alpha value is -3.68. The summed E-state index contributed by atoms with van der Waals surface area (Å²) in [5, 5.41) is 23.2. The summed E-state index contributed by atoms with van der Waals surface area (Å²) in [6.07, 6.45) is 9.22. The second kappa shape index (κ2) is 12.0. The number of carbonyl (C=O) groups excluding carboxylic acids is 2. The van der Waals surface area contributed by atoms with Gasteiger partial charge in [-0.3, -0.25) is 14.5 Å². The van der Waals surface area contributed by atoms with E-state index in [4.69, 9.17) is 4.65 Å². The van der Waals surface area contributed by atoms with E-state index in [1.54, 1.807) is 11.0 Å². The van der Waals surface area contributed by atoms with Crippen LogP contribution in [0.4, 0.5) is 0 Å².